The van der Waals surface area contributed by atoms with Gasteiger partial charge in [-0.05, 0) is 100 Å². The van der Waals surface area contributed by atoms with Crippen molar-refractivity contribution in [2.75, 3.05) is 6.61 Å². The number of hydrogen-bond donors (Lipinski definition) is 3. The Balaban J connectivity index is 2.20. The maximum Gasteiger partial charge on any atom is 0.303 e. The molecule has 0 aliphatic carbocycles. The number of aliphatic hydroxyl groups excluding tert-OH is 1. The van der Waals surface area contributed by atoms with E-state index in [9.17, 15) is 15.0 Å². The summed E-state index contributed by atoms with van der Waals surface area (Å²) in [6, 6.07) is 13.1. The largest absolute Gasteiger partial charge is 0.491 e. The van der Waals surface area contributed by atoms with Crippen LogP contribution in [-0.4, -0.2) is 39.6 Å². The van der Waals surface area contributed by atoms with Crippen LogP contribution in [0, 0.1) is 13.8 Å². The number of hydrogen-bond acceptors (Lipinski definition) is 4. The first-order chi connectivity index (χ1) is 16.4. The number of carbonyl (C=O) groups is 1. The van der Waals surface area contributed by atoms with Gasteiger partial charge in [-0.1, -0.05) is 44.2 Å². The van der Waals surface area contributed by atoms with E-state index in [0.29, 0.717) is 12.8 Å². The Morgan fingerprint density at radius 3 is 2.11 bits per heavy atom. The molecule has 2 aromatic rings. The highest BCUT2D eigenvalue weighted by molar-refractivity contribution is 5.66. The molecule has 2 aromatic carbocycles. The van der Waals surface area contributed by atoms with Crippen molar-refractivity contribution in [2.45, 2.75) is 104 Å². The molecule has 0 aliphatic rings. The molecule has 0 saturated carbocycles. The van der Waals surface area contributed by atoms with Gasteiger partial charge in [0, 0.05) is 11.8 Å². The summed E-state index contributed by atoms with van der Waals surface area (Å²) in [6.07, 6.45) is 3.73. The number of aryl methyl sites for hydroxylation is 3. The molecule has 0 radical (unpaired) electrons. The van der Waals surface area contributed by atoms with Crippen molar-refractivity contribution in [2.24, 2.45) is 0 Å². The quantitative estimate of drug-likeness (QED) is 0.301. The number of carboxylic acid groups (broad SMARTS) is 1. The van der Waals surface area contributed by atoms with E-state index >= 15 is 0 Å². The number of aliphatic hydroxyl groups is 2. The number of ether oxygens (including phenoxy) is 1. The van der Waals surface area contributed by atoms with Crippen LogP contribution in [-0.2, 0) is 16.6 Å². The molecule has 1 atom stereocenters. The van der Waals surface area contributed by atoms with Gasteiger partial charge in [-0.25, -0.2) is 0 Å². The maximum atomic E-state index is 10.6. The summed E-state index contributed by atoms with van der Waals surface area (Å²) >= 11 is 0. The fourth-order valence-corrected chi connectivity index (χ4v) is 4.82. The third kappa shape index (κ3) is 8.08. The lowest BCUT2D eigenvalue weighted by Gasteiger charge is -2.34. The Morgan fingerprint density at radius 2 is 1.60 bits per heavy atom. The van der Waals surface area contributed by atoms with Gasteiger partial charge in [0.25, 0.3) is 0 Å². The van der Waals surface area contributed by atoms with Crippen molar-refractivity contribution in [3.05, 3.63) is 64.2 Å². The molecular weight excluding hydrogens is 440 g/mol. The Hall–Kier alpha value is -2.37. The van der Waals surface area contributed by atoms with Crippen molar-refractivity contribution < 1.29 is 24.9 Å². The Bertz CT molecular complexity index is 969. The molecule has 5 heteroatoms. The number of rotatable bonds is 14. The van der Waals surface area contributed by atoms with E-state index in [1.54, 1.807) is 0 Å². The van der Waals surface area contributed by atoms with Crippen molar-refractivity contribution in [1.82, 2.24) is 0 Å². The van der Waals surface area contributed by atoms with Gasteiger partial charge in [0.05, 0.1) is 11.7 Å². The zero-order chi connectivity index (χ0) is 26.2. The molecule has 0 aromatic heterocycles. The number of aliphatic carboxylic acids is 1. The summed E-state index contributed by atoms with van der Waals surface area (Å²) in [4.78, 5) is 10.6. The van der Waals surface area contributed by atoms with Gasteiger partial charge >= 0.3 is 5.97 Å². The van der Waals surface area contributed by atoms with Crippen LogP contribution in [0.4, 0.5) is 0 Å². The molecule has 194 valence electrons. The van der Waals surface area contributed by atoms with E-state index in [2.05, 4.69) is 51.1 Å². The first-order valence-electron chi connectivity index (χ1n) is 12.9. The monoisotopic (exact) mass is 484 g/mol. The average molecular weight is 485 g/mol. The highest BCUT2D eigenvalue weighted by Crippen LogP contribution is 2.41. The van der Waals surface area contributed by atoms with E-state index < -0.39 is 17.7 Å². The Kier molecular flexibility index (Phi) is 10.3. The van der Waals surface area contributed by atoms with Gasteiger partial charge < -0.3 is 20.1 Å². The lowest BCUT2D eigenvalue weighted by atomic mass is 9.69. The smallest absolute Gasteiger partial charge is 0.303 e. The summed E-state index contributed by atoms with van der Waals surface area (Å²) in [7, 11) is 0. The molecule has 35 heavy (non-hydrogen) atoms. The fourth-order valence-electron chi connectivity index (χ4n) is 4.82. The molecule has 0 heterocycles. The Labute approximate surface area is 211 Å². The molecule has 0 spiro atoms. The topological polar surface area (TPSA) is 87.0 Å². The van der Waals surface area contributed by atoms with Crippen molar-refractivity contribution in [3.8, 4) is 5.75 Å². The Morgan fingerprint density at radius 1 is 1.00 bits per heavy atom. The molecular formula is C30H44O5. The minimum Gasteiger partial charge on any atom is -0.491 e. The van der Waals surface area contributed by atoms with Crippen LogP contribution in [0.2, 0.25) is 0 Å². The highest BCUT2D eigenvalue weighted by Gasteiger charge is 2.31. The van der Waals surface area contributed by atoms with Crippen molar-refractivity contribution in [1.29, 1.82) is 0 Å². The second kappa shape index (κ2) is 12.5. The number of carboxylic acids is 1. The minimum atomic E-state index is -0.848. The van der Waals surface area contributed by atoms with E-state index in [1.807, 2.05) is 26.8 Å². The van der Waals surface area contributed by atoms with Crippen molar-refractivity contribution in [3.63, 3.8) is 0 Å². The van der Waals surface area contributed by atoms with Gasteiger partial charge in [0.15, 0.2) is 0 Å². The third-order valence-corrected chi connectivity index (χ3v) is 7.20. The number of benzene rings is 2. The zero-order valence-electron chi connectivity index (χ0n) is 22.4. The predicted octanol–water partition coefficient (Wildman–Crippen LogP) is 6.11. The second-order valence-electron chi connectivity index (χ2n) is 10.5. The zero-order valence-corrected chi connectivity index (χ0v) is 22.4. The average Bonchev–Trinajstić information content (AvgIpc) is 2.78. The SMILES string of the molecule is CCC(CC)(c1ccc(CCC(C)(C)O)c(C)c1)c1ccc(OCC(O)CCCC(=O)O)c(C)c1. The molecule has 0 bridgehead atoms. The van der Waals surface area contributed by atoms with Crippen LogP contribution in [0.15, 0.2) is 36.4 Å². The summed E-state index contributed by atoms with van der Waals surface area (Å²) in [5.74, 6) is -0.107. The molecule has 5 nitrogen and oxygen atoms in total. The van der Waals surface area contributed by atoms with Crippen LogP contribution in [0.25, 0.3) is 0 Å². The normalized spacial score (nSPS) is 13.0. The van der Waals surface area contributed by atoms with Gasteiger partial charge in [0.2, 0.25) is 0 Å². The fraction of sp³-hybridized carbons (Fsp3) is 0.567. The molecule has 2 rings (SSSR count). The minimum absolute atomic E-state index is 0.0563. The molecule has 0 amide bonds. The predicted molar refractivity (Wildman–Crippen MR) is 141 cm³/mol. The van der Waals surface area contributed by atoms with Crippen LogP contribution in [0.3, 0.4) is 0 Å². The van der Waals surface area contributed by atoms with Crippen molar-refractivity contribution >= 4 is 5.97 Å². The first kappa shape index (κ1) is 28.9. The molecule has 0 fully saturated rings. The lowest BCUT2D eigenvalue weighted by Crippen LogP contribution is -2.26. The van der Waals surface area contributed by atoms with Crippen LogP contribution >= 0.6 is 0 Å². The first-order valence-corrected chi connectivity index (χ1v) is 12.9. The molecule has 1 unspecified atom stereocenters. The van der Waals surface area contributed by atoms with Crippen LogP contribution in [0.5, 0.6) is 5.75 Å². The summed E-state index contributed by atoms with van der Waals surface area (Å²) in [5.41, 5.74) is 5.32. The van der Waals surface area contributed by atoms with Crippen LogP contribution in [0.1, 0.15) is 94.0 Å². The van der Waals surface area contributed by atoms with Gasteiger partial charge in [-0.2, -0.15) is 0 Å². The molecule has 3 N–H and O–H groups in total. The van der Waals surface area contributed by atoms with Gasteiger partial charge in [0.1, 0.15) is 12.4 Å². The van der Waals surface area contributed by atoms with E-state index in [0.717, 1.165) is 37.0 Å². The third-order valence-electron chi connectivity index (χ3n) is 7.20. The second-order valence-corrected chi connectivity index (χ2v) is 10.5. The summed E-state index contributed by atoms with van der Waals surface area (Å²) in [5, 5.41) is 29.0. The van der Waals surface area contributed by atoms with E-state index in [1.165, 1.54) is 22.3 Å². The highest BCUT2D eigenvalue weighted by atomic mass is 16.5. The van der Waals surface area contributed by atoms with Crippen LogP contribution < -0.4 is 4.74 Å². The van der Waals surface area contributed by atoms with Gasteiger partial charge in [-0.15, -0.1) is 0 Å². The maximum absolute atomic E-state index is 10.6. The van der Waals surface area contributed by atoms with E-state index in [4.69, 9.17) is 9.84 Å². The molecule has 0 aliphatic heterocycles. The lowest BCUT2D eigenvalue weighted by molar-refractivity contribution is -0.137. The van der Waals surface area contributed by atoms with Gasteiger partial charge in [-0.3, -0.25) is 4.79 Å². The van der Waals surface area contributed by atoms with E-state index in [-0.39, 0.29) is 18.4 Å². The standard InChI is InChI=1S/C30H44O5/c1-7-30(8-2,24-13-12-23(21(3)18-24)16-17-29(5,6)34)25-14-15-27(22(4)19-25)35-20-26(31)10-9-11-28(32)33/h12-15,18-19,26,31,34H,7-11,16-17,20H2,1-6H3,(H,32,33). The summed E-state index contributed by atoms with van der Waals surface area (Å²) in [6.45, 7) is 12.5. The molecule has 0 saturated heterocycles. The summed E-state index contributed by atoms with van der Waals surface area (Å²) < 4.78 is 5.87.